The highest BCUT2D eigenvalue weighted by molar-refractivity contribution is 6.30. The Labute approximate surface area is 173 Å². The molecule has 150 valence electrons. The van der Waals surface area contributed by atoms with Gasteiger partial charge in [-0.15, -0.1) is 5.10 Å². The summed E-state index contributed by atoms with van der Waals surface area (Å²) in [4.78, 5) is 24.7. The molecule has 4 N–H and O–H groups in total. The molecule has 0 aliphatic heterocycles. The smallest absolute Gasteiger partial charge is 0.275 e. The highest BCUT2D eigenvalue weighted by Crippen LogP contribution is 2.18. The van der Waals surface area contributed by atoms with Gasteiger partial charge < -0.3 is 16.4 Å². The van der Waals surface area contributed by atoms with Gasteiger partial charge in [0.05, 0.1) is 0 Å². The van der Waals surface area contributed by atoms with E-state index in [0.29, 0.717) is 5.02 Å². The summed E-state index contributed by atoms with van der Waals surface area (Å²) in [5, 5.41) is 13.8. The molecule has 0 bridgehead atoms. The van der Waals surface area contributed by atoms with Crippen molar-refractivity contribution in [3.8, 4) is 0 Å². The maximum atomic E-state index is 12.3. The monoisotopic (exact) mass is 412 g/mol. The Bertz CT molecular complexity index is 1050. The van der Waals surface area contributed by atoms with Crippen molar-refractivity contribution in [2.75, 3.05) is 11.1 Å². The van der Waals surface area contributed by atoms with E-state index < -0.39 is 5.91 Å². The number of nitrogens with two attached hydrogens (primary N) is 1. The Hall–Kier alpha value is -3.39. The van der Waals surface area contributed by atoms with Gasteiger partial charge in [-0.2, -0.15) is 0 Å². The van der Waals surface area contributed by atoms with E-state index >= 15 is 0 Å². The van der Waals surface area contributed by atoms with Crippen molar-refractivity contribution < 1.29 is 9.59 Å². The highest BCUT2D eigenvalue weighted by atomic mass is 35.5. The number of benzene rings is 2. The molecule has 8 nitrogen and oxygen atoms in total. The quantitative estimate of drug-likeness (QED) is 0.575. The van der Waals surface area contributed by atoms with Gasteiger partial charge in [0.2, 0.25) is 5.91 Å². The molecule has 29 heavy (non-hydrogen) atoms. The average Bonchev–Trinajstić information content (AvgIpc) is 3.05. The lowest BCUT2D eigenvalue weighted by Gasteiger charge is -2.10. The van der Waals surface area contributed by atoms with E-state index in [9.17, 15) is 9.59 Å². The molecule has 2 aromatic carbocycles. The van der Waals surface area contributed by atoms with E-state index in [0.717, 1.165) is 22.4 Å². The zero-order valence-corrected chi connectivity index (χ0v) is 16.8. The molecule has 0 radical (unpaired) electrons. The van der Waals surface area contributed by atoms with Gasteiger partial charge in [0.25, 0.3) is 5.91 Å². The third-order valence-electron chi connectivity index (χ3n) is 4.53. The number of amides is 2. The Morgan fingerprint density at radius 3 is 2.59 bits per heavy atom. The van der Waals surface area contributed by atoms with Gasteiger partial charge in [-0.05, 0) is 48.7 Å². The van der Waals surface area contributed by atoms with Crippen LogP contribution in [-0.4, -0.2) is 26.8 Å². The third kappa shape index (κ3) is 4.91. The lowest BCUT2D eigenvalue weighted by Crippen LogP contribution is -2.25. The first kappa shape index (κ1) is 20.3. The van der Waals surface area contributed by atoms with Crippen LogP contribution in [0.4, 0.5) is 11.5 Å². The molecule has 0 saturated heterocycles. The number of nitrogens with one attached hydrogen (secondary N) is 2. The van der Waals surface area contributed by atoms with E-state index in [-0.39, 0.29) is 30.5 Å². The van der Waals surface area contributed by atoms with Crippen molar-refractivity contribution in [2.45, 2.75) is 26.9 Å². The van der Waals surface area contributed by atoms with Crippen LogP contribution in [0.25, 0.3) is 0 Å². The van der Waals surface area contributed by atoms with Gasteiger partial charge in [0.1, 0.15) is 6.54 Å². The summed E-state index contributed by atoms with van der Waals surface area (Å²) in [6.07, 6.45) is 0. The van der Waals surface area contributed by atoms with Gasteiger partial charge in [0, 0.05) is 17.3 Å². The number of halogens is 1. The minimum Gasteiger partial charge on any atom is -0.382 e. The molecule has 3 aromatic rings. The van der Waals surface area contributed by atoms with E-state index in [1.165, 1.54) is 4.68 Å². The predicted octanol–water partition coefficient (Wildman–Crippen LogP) is 2.70. The summed E-state index contributed by atoms with van der Waals surface area (Å²) < 4.78 is 1.19. The molecule has 1 heterocycles. The zero-order chi connectivity index (χ0) is 21.0. The maximum Gasteiger partial charge on any atom is 0.275 e. The average molecular weight is 413 g/mol. The van der Waals surface area contributed by atoms with E-state index in [1.807, 2.05) is 32.0 Å². The van der Waals surface area contributed by atoms with E-state index in [1.54, 1.807) is 24.3 Å². The number of hydrogen-bond acceptors (Lipinski definition) is 5. The highest BCUT2D eigenvalue weighted by Gasteiger charge is 2.19. The van der Waals surface area contributed by atoms with Crippen LogP contribution in [0.1, 0.15) is 27.2 Å². The molecule has 0 aliphatic carbocycles. The molecule has 0 unspecified atom stereocenters. The number of aromatic nitrogens is 3. The molecular formula is C20H21ClN6O2. The summed E-state index contributed by atoms with van der Waals surface area (Å²) in [7, 11) is 0. The second-order valence-electron chi connectivity index (χ2n) is 6.59. The first-order chi connectivity index (χ1) is 13.8. The number of hydrogen-bond donors (Lipinski definition) is 3. The summed E-state index contributed by atoms with van der Waals surface area (Å²) in [5.41, 5.74) is 9.59. The number of carbonyl (C=O) groups is 2. The predicted molar refractivity (Wildman–Crippen MR) is 112 cm³/mol. The van der Waals surface area contributed by atoms with Crippen LogP contribution < -0.4 is 16.4 Å². The summed E-state index contributed by atoms with van der Waals surface area (Å²) in [6.45, 7) is 4.03. The van der Waals surface area contributed by atoms with Gasteiger partial charge >= 0.3 is 0 Å². The number of rotatable bonds is 6. The molecule has 2 amide bonds. The zero-order valence-electron chi connectivity index (χ0n) is 16.1. The summed E-state index contributed by atoms with van der Waals surface area (Å²) in [6, 6.07) is 12.7. The Kier molecular flexibility index (Phi) is 6.13. The van der Waals surface area contributed by atoms with Gasteiger partial charge in [-0.3, -0.25) is 9.59 Å². The van der Waals surface area contributed by atoms with Crippen molar-refractivity contribution in [1.82, 2.24) is 20.3 Å². The van der Waals surface area contributed by atoms with Crippen LogP contribution >= 0.6 is 11.6 Å². The fourth-order valence-electron chi connectivity index (χ4n) is 2.68. The number of nitrogen functional groups attached to an aromatic ring is 1. The van der Waals surface area contributed by atoms with Gasteiger partial charge in [-0.25, -0.2) is 4.68 Å². The Balaban J connectivity index is 1.62. The molecule has 9 heteroatoms. The lowest BCUT2D eigenvalue weighted by atomic mass is 10.1. The Morgan fingerprint density at radius 1 is 1.14 bits per heavy atom. The summed E-state index contributed by atoms with van der Waals surface area (Å²) in [5.74, 6) is -0.767. The number of anilines is 2. The molecule has 0 saturated carbocycles. The molecule has 0 fully saturated rings. The largest absolute Gasteiger partial charge is 0.382 e. The first-order valence-corrected chi connectivity index (χ1v) is 9.30. The van der Waals surface area contributed by atoms with Crippen molar-refractivity contribution in [3.63, 3.8) is 0 Å². The SMILES string of the molecule is Cc1cccc(NC(=O)Cn2nnc(C(=O)NCc3ccc(Cl)cc3)c2N)c1C. The fraction of sp³-hybridized carbons (Fsp3) is 0.200. The topological polar surface area (TPSA) is 115 Å². The van der Waals surface area contributed by atoms with Crippen LogP contribution in [0.3, 0.4) is 0 Å². The first-order valence-electron chi connectivity index (χ1n) is 8.93. The van der Waals surface area contributed by atoms with Crippen LogP contribution in [0.2, 0.25) is 5.02 Å². The Morgan fingerprint density at radius 2 is 1.86 bits per heavy atom. The van der Waals surface area contributed by atoms with Crippen LogP contribution in [-0.2, 0) is 17.9 Å². The number of aryl methyl sites for hydroxylation is 1. The molecule has 0 spiro atoms. The van der Waals surface area contributed by atoms with Crippen LogP contribution in [0, 0.1) is 13.8 Å². The van der Waals surface area contributed by atoms with Crippen LogP contribution in [0.5, 0.6) is 0 Å². The molecule has 0 atom stereocenters. The minimum absolute atomic E-state index is 0.0229. The van der Waals surface area contributed by atoms with E-state index in [2.05, 4.69) is 20.9 Å². The normalized spacial score (nSPS) is 10.6. The van der Waals surface area contributed by atoms with Crippen molar-refractivity contribution in [3.05, 3.63) is 69.9 Å². The number of nitrogens with zero attached hydrogens (tertiary/aromatic N) is 3. The van der Waals surface area contributed by atoms with Crippen molar-refractivity contribution in [1.29, 1.82) is 0 Å². The molecule has 3 rings (SSSR count). The van der Waals surface area contributed by atoms with Gasteiger partial charge in [-0.1, -0.05) is 41.1 Å². The maximum absolute atomic E-state index is 12.3. The molecule has 1 aromatic heterocycles. The number of carbonyl (C=O) groups excluding carboxylic acids is 2. The van der Waals surface area contributed by atoms with Crippen molar-refractivity contribution >= 4 is 34.9 Å². The van der Waals surface area contributed by atoms with Crippen molar-refractivity contribution in [2.24, 2.45) is 0 Å². The molecule has 0 aliphatic rings. The fourth-order valence-corrected chi connectivity index (χ4v) is 2.81. The standard InChI is InChI=1S/C20H21ClN6O2/c1-12-4-3-5-16(13(12)2)24-17(28)11-27-19(22)18(25-26-27)20(29)23-10-14-6-8-15(21)9-7-14/h3-9H,10-11,22H2,1-2H3,(H,23,29)(H,24,28). The lowest BCUT2D eigenvalue weighted by molar-refractivity contribution is -0.116. The minimum atomic E-state index is -0.473. The third-order valence-corrected chi connectivity index (χ3v) is 4.78. The van der Waals surface area contributed by atoms with Crippen LogP contribution in [0.15, 0.2) is 42.5 Å². The van der Waals surface area contributed by atoms with Gasteiger partial charge in [0.15, 0.2) is 11.5 Å². The van der Waals surface area contributed by atoms with E-state index in [4.69, 9.17) is 17.3 Å². The second-order valence-corrected chi connectivity index (χ2v) is 7.02. The second kappa shape index (κ2) is 8.74. The molecular weight excluding hydrogens is 392 g/mol. The summed E-state index contributed by atoms with van der Waals surface area (Å²) >= 11 is 5.85.